The van der Waals surface area contributed by atoms with Crippen LogP contribution in [-0.2, 0) is 11.2 Å². The van der Waals surface area contributed by atoms with Gasteiger partial charge in [0.1, 0.15) is 5.60 Å². The summed E-state index contributed by atoms with van der Waals surface area (Å²) in [6.07, 6.45) is 4.28. The Hall–Kier alpha value is -3.88. The van der Waals surface area contributed by atoms with Gasteiger partial charge in [-0.25, -0.2) is 4.79 Å². The van der Waals surface area contributed by atoms with Gasteiger partial charge in [-0.05, 0) is 68.9 Å². The van der Waals surface area contributed by atoms with Gasteiger partial charge < -0.3 is 15.4 Å². The molecule has 0 bridgehead atoms. The van der Waals surface area contributed by atoms with Crippen LogP contribution in [0.25, 0.3) is 5.70 Å². The number of aliphatic imine (C=N–C) groups is 1. The molecular weight excluding hydrogens is 446 g/mol. The molecule has 2 fully saturated rings. The van der Waals surface area contributed by atoms with Crippen molar-refractivity contribution in [1.29, 1.82) is 0 Å². The van der Waals surface area contributed by atoms with Crippen LogP contribution >= 0.6 is 0 Å². The second-order valence-electron chi connectivity index (χ2n) is 10.6. The molecule has 2 aromatic rings. The Morgan fingerprint density at radius 1 is 1.17 bits per heavy atom. The van der Waals surface area contributed by atoms with E-state index < -0.39 is 10.5 Å². The van der Waals surface area contributed by atoms with E-state index in [0.29, 0.717) is 18.0 Å². The number of ether oxygens (including phenoxy) is 1. The van der Waals surface area contributed by atoms with Gasteiger partial charge in [0.05, 0.1) is 33.7 Å². The van der Waals surface area contributed by atoms with Crippen LogP contribution in [0.4, 0.5) is 27.5 Å². The van der Waals surface area contributed by atoms with E-state index in [1.165, 1.54) is 12.1 Å². The molecule has 1 aliphatic carbocycles. The number of nitro groups is 1. The topological polar surface area (TPSA) is 109 Å². The van der Waals surface area contributed by atoms with Crippen LogP contribution in [0.15, 0.2) is 47.6 Å². The van der Waals surface area contributed by atoms with Gasteiger partial charge in [-0.2, -0.15) is 0 Å². The molecule has 0 aromatic heterocycles. The molecule has 9 heteroatoms. The fourth-order valence-electron chi connectivity index (χ4n) is 5.28. The number of hydrogen-bond donors (Lipinski definition) is 2. The van der Waals surface area contributed by atoms with Crippen LogP contribution in [0, 0.1) is 16.0 Å². The molecule has 2 N–H and O–H groups in total. The van der Waals surface area contributed by atoms with Gasteiger partial charge in [0.2, 0.25) is 0 Å². The third-order valence-electron chi connectivity index (χ3n) is 6.97. The van der Waals surface area contributed by atoms with Crippen LogP contribution in [0.2, 0.25) is 0 Å². The Labute approximate surface area is 203 Å². The molecule has 0 spiro atoms. The molecule has 4 aliphatic rings. The fraction of sp³-hybridized carbons (Fsp3) is 0.385. The summed E-state index contributed by atoms with van der Waals surface area (Å²) in [6.45, 7) is 5.69. The van der Waals surface area contributed by atoms with Gasteiger partial charge in [0.25, 0.3) is 5.69 Å². The minimum Gasteiger partial charge on any atom is -0.444 e. The molecule has 180 valence electrons. The van der Waals surface area contributed by atoms with Crippen LogP contribution in [0.5, 0.6) is 0 Å². The maximum absolute atomic E-state index is 12.9. The van der Waals surface area contributed by atoms with Crippen molar-refractivity contribution in [2.45, 2.75) is 57.7 Å². The lowest BCUT2D eigenvalue weighted by Gasteiger charge is -2.30. The Balaban J connectivity index is 1.19. The number of hydrogen-bond acceptors (Lipinski definition) is 7. The first-order valence-electron chi connectivity index (χ1n) is 11.9. The number of amides is 1. The Morgan fingerprint density at radius 3 is 2.77 bits per heavy atom. The number of anilines is 2. The lowest BCUT2D eigenvalue weighted by molar-refractivity contribution is -0.384. The normalized spacial score (nSPS) is 23.7. The number of likely N-dealkylation sites (tertiary alicyclic amines) is 1. The van der Waals surface area contributed by atoms with E-state index in [0.717, 1.165) is 46.8 Å². The Morgan fingerprint density at radius 2 is 2.00 bits per heavy atom. The predicted molar refractivity (Wildman–Crippen MR) is 134 cm³/mol. The van der Waals surface area contributed by atoms with E-state index in [-0.39, 0.29) is 23.9 Å². The number of benzene rings is 2. The minimum absolute atomic E-state index is 0.0131. The number of rotatable bonds is 3. The van der Waals surface area contributed by atoms with Crippen molar-refractivity contribution in [1.82, 2.24) is 4.90 Å². The summed E-state index contributed by atoms with van der Waals surface area (Å²) in [4.78, 5) is 30.4. The first-order valence-corrected chi connectivity index (χ1v) is 11.9. The monoisotopic (exact) mass is 473 g/mol. The molecule has 35 heavy (non-hydrogen) atoms. The highest BCUT2D eigenvalue weighted by molar-refractivity contribution is 6.00. The summed E-state index contributed by atoms with van der Waals surface area (Å²) < 4.78 is 5.71. The second-order valence-corrected chi connectivity index (χ2v) is 10.6. The average molecular weight is 474 g/mol. The smallest absolute Gasteiger partial charge is 0.411 e. The standard InChI is InChI=1S/C26H27N5O4/c1-26(2,3)35-25(32)30-23-10-16(23)11-24(30)21-9-15-8-14(4-6-18(15)28-21)22-13-27-20-12-17(31(33)34)5-7-19(20)29-22/h4-8,12-13,16,23-24,27,29H,9-11H2,1-3H3/t16-,23-,24+/m1/s1. The number of nitrogens with zero attached hydrogens (tertiary/aromatic N) is 3. The summed E-state index contributed by atoms with van der Waals surface area (Å²) in [5.74, 6) is 0.549. The van der Waals surface area contributed by atoms with E-state index in [9.17, 15) is 14.9 Å². The number of carbonyl (C=O) groups excluding carboxylic acids is 1. The third kappa shape index (κ3) is 3.90. The summed E-state index contributed by atoms with van der Waals surface area (Å²) in [5, 5.41) is 17.6. The molecule has 0 radical (unpaired) electrons. The second kappa shape index (κ2) is 7.56. The Bertz CT molecular complexity index is 1330. The Kier molecular flexibility index (Phi) is 4.67. The molecule has 0 unspecified atom stereocenters. The zero-order chi connectivity index (χ0) is 24.5. The largest absolute Gasteiger partial charge is 0.444 e. The molecule has 6 rings (SSSR count). The highest BCUT2D eigenvalue weighted by Gasteiger charge is 2.56. The van der Waals surface area contributed by atoms with Crippen LogP contribution < -0.4 is 10.6 Å². The van der Waals surface area contributed by atoms with E-state index >= 15 is 0 Å². The van der Waals surface area contributed by atoms with Gasteiger partial charge in [0.15, 0.2) is 0 Å². The number of fused-ring (bicyclic) bond motifs is 3. The summed E-state index contributed by atoms with van der Waals surface area (Å²) in [6, 6.07) is 11.1. The van der Waals surface area contributed by atoms with E-state index in [1.54, 1.807) is 6.07 Å². The van der Waals surface area contributed by atoms with Gasteiger partial charge in [-0.15, -0.1) is 0 Å². The van der Waals surface area contributed by atoms with Crippen LogP contribution in [-0.4, -0.2) is 39.3 Å². The zero-order valence-corrected chi connectivity index (χ0v) is 19.9. The predicted octanol–water partition coefficient (Wildman–Crippen LogP) is 5.46. The summed E-state index contributed by atoms with van der Waals surface area (Å²) in [7, 11) is 0. The molecule has 3 aliphatic heterocycles. The van der Waals surface area contributed by atoms with Crippen molar-refractivity contribution in [3.63, 3.8) is 0 Å². The highest BCUT2D eigenvalue weighted by atomic mass is 16.6. The highest BCUT2D eigenvalue weighted by Crippen LogP contribution is 2.50. The van der Waals surface area contributed by atoms with Crippen molar-refractivity contribution >= 4 is 40.3 Å². The van der Waals surface area contributed by atoms with Crippen LogP contribution in [0.1, 0.15) is 44.7 Å². The number of non-ortho nitro benzene ring substituents is 1. The van der Waals surface area contributed by atoms with Gasteiger partial charge >= 0.3 is 6.09 Å². The maximum atomic E-state index is 12.9. The molecule has 3 atom stereocenters. The average Bonchev–Trinajstić information content (AvgIpc) is 3.25. The van der Waals surface area contributed by atoms with Crippen LogP contribution in [0.3, 0.4) is 0 Å². The first-order chi connectivity index (χ1) is 16.7. The number of nitrogens with one attached hydrogen (secondary N) is 2. The lowest BCUT2D eigenvalue weighted by Crippen LogP contribution is -2.45. The van der Waals surface area contributed by atoms with Crippen molar-refractivity contribution in [2.75, 3.05) is 10.6 Å². The van der Waals surface area contributed by atoms with Crippen molar-refractivity contribution in [2.24, 2.45) is 10.9 Å². The number of nitro benzene ring substituents is 1. The molecule has 1 amide bonds. The summed E-state index contributed by atoms with van der Waals surface area (Å²) in [5.41, 5.74) is 5.92. The molecule has 2 aromatic carbocycles. The number of carbonyl (C=O) groups is 1. The quantitative estimate of drug-likeness (QED) is 0.453. The summed E-state index contributed by atoms with van der Waals surface area (Å²) >= 11 is 0. The maximum Gasteiger partial charge on any atom is 0.411 e. The van der Waals surface area contributed by atoms with Crippen molar-refractivity contribution in [3.8, 4) is 0 Å². The molecule has 3 heterocycles. The lowest BCUT2D eigenvalue weighted by atomic mass is 9.99. The third-order valence-corrected chi connectivity index (χ3v) is 6.97. The minimum atomic E-state index is -0.526. The SMILES string of the molecule is CC(C)(C)OC(=O)N1[C@@H]2C[C@@H]2C[C@H]1C1=Nc2ccc(C3=CNc4cc([N+](=O)[O-])ccc4N3)cc2C1. The fourth-order valence-corrected chi connectivity index (χ4v) is 5.28. The molecule has 9 nitrogen and oxygen atoms in total. The first kappa shape index (κ1) is 21.6. The zero-order valence-electron chi connectivity index (χ0n) is 19.9. The van der Waals surface area contributed by atoms with Gasteiger partial charge in [0, 0.05) is 36.5 Å². The molecular formula is C26H27N5O4. The van der Waals surface area contributed by atoms with E-state index in [1.807, 2.05) is 44.0 Å². The molecule has 1 saturated carbocycles. The van der Waals surface area contributed by atoms with Crippen molar-refractivity contribution in [3.05, 3.63) is 63.8 Å². The van der Waals surface area contributed by atoms with E-state index in [2.05, 4.69) is 16.7 Å². The van der Waals surface area contributed by atoms with Crippen molar-refractivity contribution < 1.29 is 14.5 Å². The molecule has 1 saturated heterocycles. The van der Waals surface area contributed by atoms with Gasteiger partial charge in [-0.1, -0.05) is 6.07 Å². The van der Waals surface area contributed by atoms with Gasteiger partial charge in [-0.3, -0.25) is 20.0 Å². The number of piperidine rings is 1. The van der Waals surface area contributed by atoms with E-state index in [4.69, 9.17) is 9.73 Å².